The number of aromatic nitrogens is 4. The first-order valence-electron chi connectivity index (χ1n) is 17.0. The SMILES string of the molecule is COC(=O)N[C@H](C(=O)N1CCC[C@H]1c1ncc(C#Cc2ccc(-c3cnc([C@@H]4CCCN4C(=O)[C@@H](NC(=O)OC)C(C)C)[nH]3)cc2)[nH]1)C(C)C.S.S.S.S. The molecule has 2 fully saturated rings. The van der Waals surface area contributed by atoms with E-state index in [1.807, 2.05) is 52.0 Å². The van der Waals surface area contributed by atoms with Crippen LogP contribution in [-0.4, -0.2) is 93.1 Å². The van der Waals surface area contributed by atoms with Gasteiger partial charge in [0.25, 0.3) is 0 Å². The van der Waals surface area contributed by atoms with Gasteiger partial charge in [-0.15, -0.1) is 0 Å². The molecule has 2 aliphatic rings. The van der Waals surface area contributed by atoms with Crippen molar-refractivity contribution in [3.63, 3.8) is 0 Å². The van der Waals surface area contributed by atoms with Gasteiger partial charge in [0.1, 0.15) is 29.4 Å². The van der Waals surface area contributed by atoms with E-state index in [0.29, 0.717) is 30.4 Å². The van der Waals surface area contributed by atoms with Crippen molar-refractivity contribution in [1.29, 1.82) is 0 Å². The molecule has 4 amide bonds. The summed E-state index contributed by atoms with van der Waals surface area (Å²) in [7, 11) is 2.56. The highest BCUT2D eigenvalue weighted by Crippen LogP contribution is 2.33. The van der Waals surface area contributed by atoms with E-state index in [-0.39, 0.29) is 89.7 Å². The number of rotatable bonds is 9. The largest absolute Gasteiger partial charge is 0.453 e. The molecule has 2 aromatic heterocycles. The molecule has 0 aliphatic carbocycles. The smallest absolute Gasteiger partial charge is 0.407 e. The lowest BCUT2D eigenvalue weighted by molar-refractivity contribution is -0.136. The molecule has 4 atom stereocenters. The van der Waals surface area contributed by atoms with Gasteiger partial charge >= 0.3 is 12.2 Å². The Morgan fingerprint density at radius 1 is 0.722 bits per heavy atom. The Balaban J connectivity index is 0.00000364. The summed E-state index contributed by atoms with van der Waals surface area (Å²) in [5.41, 5.74) is 3.18. The van der Waals surface area contributed by atoms with Crippen LogP contribution in [0, 0.1) is 23.7 Å². The third kappa shape index (κ3) is 11.3. The lowest BCUT2D eigenvalue weighted by Crippen LogP contribution is -2.51. The Morgan fingerprint density at radius 2 is 1.19 bits per heavy atom. The topological polar surface area (TPSA) is 175 Å². The predicted octanol–water partition coefficient (Wildman–Crippen LogP) is 4.74. The molecule has 0 saturated carbocycles. The Hall–Kier alpha value is -3.92. The Labute approximate surface area is 344 Å². The van der Waals surface area contributed by atoms with Gasteiger partial charge in [-0.1, -0.05) is 45.7 Å². The van der Waals surface area contributed by atoms with Gasteiger partial charge in [0.2, 0.25) is 11.8 Å². The molecule has 4 N–H and O–H groups in total. The second kappa shape index (κ2) is 21.8. The van der Waals surface area contributed by atoms with Crippen molar-refractivity contribution in [3.05, 3.63) is 59.6 Å². The number of ether oxygens (including phenoxy) is 2. The number of carbonyl (C=O) groups is 4. The van der Waals surface area contributed by atoms with E-state index in [9.17, 15) is 19.2 Å². The molecular weight excluding hydrogens is 769 g/mol. The van der Waals surface area contributed by atoms with E-state index in [1.165, 1.54) is 14.2 Å². The van der Waals surface area contributed by atoms with E-state index in [4.69, 9.17) is 9.47 Å². The predicted molar refractivity (Wildman–Crippen MR) is 226 cm³/mol. The van der Waals surface area contributed by atoms with Crippen LogP contribution in [0.2, 0.25) is 0 Å². The molecule has 298 valence electrons. The Morgan fingerprint density at radius 3 is 1.65 bits per heavy atom. The summed E-state index contributed by atoms with van der Waals surface area (Å²) in [5, 5.41) is 5.34. The highest BCUT2D eigenvalue weighted by Gasteiger charge is 2.38. The molecule has 0 radical (unpaired) electrons. The fourth-order valence-corrected chi connectivity index (χ4v) is 6.48. The van der Waals surface area contributed by atoms with Crippen molar-refractivity contribution in [2.45, 2.75) is 77.5 Å². The van der Waals surface area contributed by atoms with Crippen molar-refractivity contribution < 1.29 is 28.7 Å². The summed E-state index contributed by atoms with van der Waals surface area (Å²) in [4.78, 5) is 70.0. The first kappa shape index (κ1) is 48.1. The second-order valence-electron chi connectivity index (χ2n) is 13.3. The number of imidazole rings is 2. The molecule has 4 heterocycles. The van der Waals surface area contributed by atoms with Crippen molar-refractivity contribution >= 4 is 78.0 Å². The van der Waals surface area contributed by atoms with Crippen molar-refractivity contribution in [2.75, 3.05) is 27.3 Å². The quantitative estimate of drug-likeness (QED) is 0.224. The highest BCUT2D eigenvalue weighted by atomic mass is 32.1. The standard InChI is InChI=1S/C36H46N8O6.4H2S/c1-21(2)29(41-35(47)49-5)33(45)43-17-7-9-27(43)31-37-19-25(39-31)16-13-23-11-14-24(15-12-23)26-20-38-32(40-26)28-10-8-18-44(28)34(46)30(22(3)4)42-36(48)50-6;;;;/h11-12,14-15,19-22,27-30H,7-10,17-18H2,1-6H3,(H,37,39)(H,38,40)(H,41,47)(H,42,48);4*1H2/t27-,28-,29-,30-;;;;/m0..../s1. The van der Waals surface area contributed by atoms with Crippen LogP contribution in [-0.2, 0) is 19.1 Å². The van der Waals surface area contributed by atoms with Gasteiger partial charge in [0.05, 0.1) is 44.4 Å². The molecule has 3 aromatic rings. The van der Waals surface area contributed by atoms with E-state index in [2.05, 4.69) is 42.4 Å². The number of nitrogens with zero attached hydrogens (tertiary/aromatic N) is 4. The van der Waals surface area contributed by atoms with Crippen LogP contribution in [0.25, 0.3) is 11.3 Å². The monoisotopic (exact) mass is 822 g/mol. The number of amides is 4. The van der Waals surface area contributed by atoms with Gasteiger partial charge in [-0.25, -0.2) is 19.6 Å². The number of methoxy groups -OCH3 is 2. The molecule has 14 nitrogen and oxygen atoms in total. The van der Waals surface area contributed by atoms with Crippen LogP contribution in [0.15, 0.2) is 36.7 Å². The van der Waals surface area contributed by atoms with Crippen LogP contribution in [0.5, 0.6) is 0 Å². The minimum Gasteiger partial charge on any atom is -0.453 e. The summed E-state index contributed by atoms with van der Waals surface area (Å²) in [6.07, 6.45) is 5.36. The zero-order valence-corrected chi connectivity index (χ0v) is 35.4. The molecule has 0 bridgehead atoms. The molecule has 18 heteroatoms. The number of aromatic amines is 2. The number of hydrogen-bond acceptors (Lipinski definition) is 8. The van der Waals surface area contributed by atoms with Crippen LogP contribution >= 0.6 is 54.0 Å². The number of nitrogens with one attached hydrogen (secondary N) is 4. The average Bonchev–Trinajstić information content (AvgIpc) is 3.94. The van der Waals surface area contributed by atoms with E-state index >= 15 is 0 Å². The summed E-state index contributed by atoms with van der Waals surface area (Å²) in [5.74, 6) is 7.13. The maximum absolute atomic E-state index is 13.5. The maximum atomic E-state index is 13.5. The van der Waals surface area contributed by atoms with Gasteiger partial charge in [0, 0.05) is 18.7 Å². The first-order chi connectivity index (χ1) is 24.0. The highest BCUT2D eigenvalue weighted by molar-refractivity contribution is 7.59. The normalized spacial score (nSPS) is 17.0. The molecule has 1 aromatic carbocycles. The van der Waals surface area contributed by atoms with Crippen molar-refractivity contribution in [1.82, 2.24) is 40.4 Å². The molecule has 5 rings (SSSR count). The molecule has 54 heavy (non-hydrogen) atoms. The number of alkyl carbamates (subject to hydrolysis) is 2. The average molecular weight is 823 g/mol. The lowest BCUT2D eigenvalue weighted by Gasteiger charge is -2.30. The summed E-state index contributed by atoms with van der Waals surface area (Å²) >= 11 is 0. The fraction of sp³-hybridized carbons (Fsp3) is 0.500. The molecule has 2 aliphatic heterocycles. The molecule has 0 spiro atoms. The second-order valence-corrected chi connectivity index (χ2v) is 13.3. The minimum atomic E-state index is -0.700. The molecule has 0 unspecified atom stereocenters. The van der Waals surface area contributed by atoms with Gasteiger partial charge in [0.15, 0.2) is 0 Å². The Bertz CT molecular complexity index is 1760. The lowest BCUT2D eigenvalue weighted by atomic mass is 10.0. The fourth-order valence-electron chi connectivity index (χ4n) is 6.48. The number of likely N-dealkylation sites (tertiary alicyclic amines) is 2. The van der Waals surface area contributed by atoms with E-state index in [0.717, 1.165) is 42.5 Å². The van der Waals surface area contributed by atoms with Gasteiger partial charge < -0.3 is 39.9 Å². The summed E-state index contributed by atoms with van der Waals surface area (Å²) in [6, 6.07) is 5.92. The first-order valence-corrected chi connectivity index (χ1v) is 17.0. The van der Waals surface area contributed by atoms with Crippen molar-refractivity contribution in [2.24, 2.45) is 11.8 Å². The van der Waals surface area contributed by atoms with Crippen LogP contribution in [0.3, 0.4) is 0 Å². The van der Waals surface area contributed by atoms with Crippen LogP contribution < -0.4 is 10.6 Å². The van der Waals surface area contributed by atoms with Crippen LogP contribution in [0.1, 0.15) is 88.4 Å². The minimum absolute atomic E-state index is 0. The maximum Gasteiger partial charge on any atom is 0.407 e. The van der Waals surface area contributed by atoms with Gasteiger partial charge in [-0.3, -0.25) is 9.59 Å². The number of hydrogen-bond donors (Lipinski definition) is 4. The zero-order chi connectivity index (χ0) is 35.9. The number of H-pyrrole nitrogens is 2. The molecule has 2 saturated heterocycles. The third-order valence-electron chi connectivity index (χ3n) is 9.21. The number of benzene rings is 1. The molecular formula is C36H54N8O6S4. The Kier molecular flexibility index (Phi) is 19.5. The zero-order valence-electron chi connectivity index (χ0n) is 31.4. The van der Waals surface area contributed by atoms with Gasteiger partial charge in [-0.2, -0.15) is 54.0 Å². The van der Waals surface area contributed by atoms with Crippen molar-refractivity contribution in [3.8, 4) is 23.1 Å². The van der Waals surface area contributed by atoms with Crippen LogP contribution in [0.4, 0.5) is 9.59 Å². The van der Waals surface area contributed by atoms with E-state index < -0.39 is 24.3 Å². The summed E-state index contributed by atoms with van der Waals surface area (Å²) < 4.78 is 9.45. The third-order valence-corrected chi connectivity index (χ3v) is 9.21. The van der Waals surface area contributed by atoms with Gasteiger partial charge in [-0.05, 0) is 61.1 Å². The van der Waals surface area contributed by atoms with E-state index in [1.54, 1.807) is 22.2 Å². The summed E-state index contributed by atoms with van der Waals surface area (Å²) in [6.45, 7) is 8.70. The number of carbonyl (C=O) groups excluding carboxylic acids is 4.